The highest BCUT2D eigenvalue weighted by Crippen LogP contribution is 2.25. The molecule has 1 aromatic heterocycles. The summed E-state index contributed by atoms with van der Waals surface area (Å²) in [6.07, 6.45) is 0. The van der Waals surface area contributed by atoms with Gasteiger partial charge in [0.05, 0.1) is 18.7 Å². The number of ether oxygens (including phenoxy) is 1. The zero-order valence-electron chi connectivity index (χ0n) is 12.0. The number of halogens is 1. The third-order valence-corrected chi connectivity index (χ3v) is 3.40. The molecular weight excluding hydrogens is 292 g/mol. The molecule has 0 spiro atoms. The van der Waals surface area contributed by atoms with E-state index >= 15 is 0 Å². The second-order valence-electron chi connectivity index (χ2n) is 4.64. The van der Waals surface area contributed by atoms with Gasteiger partial charge in [-0.05, 0) is 32.0 Å². The molecule has 0 unspecified atom stereocenters. The van der Waals surface area contributed by atoms with Crippen LogP contribution in [0.3, 0.4) is 0 Å². The molecule has 110 valence electrons. The number of benzene rings is 1. The standard InChI is InChI=1S/C15H15ClN2O3/c1-9-6-15(20)18(10(2)17-9)8-13(19)11-4-5-14(21-3)12(16)7-11/h4-7H,8H2,1-3H3. The Morgan fingerprint density at radius 3 is 2.62 bits per heavy atom. The molecule has 0 aliphatic rings. The van der Waals surface area contributed by atoms with Crippen molar-refractivity contribution >= 4 is 17.4 Å². The van der Waals surface area contributed by atoms with E-state index in [-0.39, 0.29) is 17.9 Å². The van der Waals surface area contributed by atoms with Crippen molar-refractivity contribution in [1.82, 2.24) is 9.55 Å². The molecule has 2 rings (SSSR count). The first kappa shape index (κ1) is 15.3. The van der Waals surface area contributed by atoms with E-state index in [2.05, 4.69) is 4.98 Å². The van der Waals surface area contributed by atoms with Gasteiger partial charge in [-0.25, -0.2) is 4.98 Å². The number of carbonyl (C=O) groups is 1. The highest BCUT2D eigenvalue weighted by Gasteiger charge is 2.12. The first-order valence-electron chi connectivity index (χ1n) is 6.34. The van der Waals surface area contributed by atoms with E-state index in [0.717, 1.165) is 0 Å². The van der Waals surface area contributed by atoms with Crippen molar-refractivity contribution in [1.29, 1.82) is 0 Å². The van der Waals surface area contributed by atoms with Crippen molar-refractivity contribution in [2.45, 2.75) is 20.4 Å². The second-order valence-corrected chi connectivity index (χ2v) is 5.05. The predicted octanol–water partition coefficient (Wildman–Crippen LogP) is 2.41. The largest absolute Gasteiger partial charge is 0.495 e. The van der Waals surface area contributed by atoms with Crippen molar-refractivity contribution in [3.8, 4) is 5.75 Å². The number of hydrogen-bond acceptors (Lipinski definition) is 4. The molecule has 0 N–H and O–H groups in total. The SMILES string of the molecule is COc1ccc(C(=O)Cn2c(C)nc(C)cc2=O)cc1Cl. The summed E-state index contributed by atoms with van der Waals surface area (Å²) in [7, 11) is 1.50. The van der Waals surface area contributed by atoms with E-state index in [1.807, 2.05) is 0 Å². The Bertz CT molecular complexity index is 753. The lowest BCUT2D eigenvalue weighted by Gasteiger charge is -2.10. The van der Waals surface area contributed by atoms with E-state index in [1.54, 1.807) is 26.0 Å². The average molecular weight is 307 g/mol. The lowest BCUT2D eigenvalue weighted by Crippen LogP contribution is -2.27. The van der Waals surface area contributed by atoms with Crippen LogP contribution in [0.2, 0.25) is 5.02 Å². The highest BCUT2D eigenvalue weighted by molar-refractivity contribution is 6.32. The summed E-state index contributed by atoms with van der Waals surface area (Å²) in [6.45, 7) is 3.37. The number of nitrogens with zero attached hydrogens (tertiary/aromatic N) is 2. The van der Waals surface area contributed by atoms with E-state index in [1.165, 1.54) is 23.8 Å². The minimum absolute atomic E-state index is 0.0688. The van der Waals surface area contributed by atoms with Gasteiger partial charge in [0.15, 0.2) is 5.78 Å². The fraction of sp³-hybridized carbons (Fsp3) is 0.267. The van der Waals surface area contributed by atoms with E-state index < -0.39 is 0 Å². The Hall–Kier alpha value is -2.14. The van der Waals surface area contributed by atoms with Crippen molar-refractivity contribution < 1.29 is 9.53 Å². The minimum atomic E-state index is -0.243. The average Bonchev–Trinajstić information content (AvgIpc) is 2.42. The number of ketones is 1. The Kier molecular flexibility index (Phi) is 4.43. The highest BCUT2D eigenvalue weighted by atomic mass is 35.5. The minimum Gasteiger partial charge on any atom is -0.495 e. The third kappa shape index (κ3) is 3.31. The van der Waals surface area contributed by atoms with Crippen molar-refractivity contribution in [3.63, 3.8) is 0 Å². The number of Topliss-reactive ketones (excluding diaryl/α,β-unsaturated/α-hetero) is 1. The van der Waals surface area contributed by atoms with Gasteiger partial charge in [0, 0.05) is 17.3 Å². The number of rotatable bonds is 4. The van der Waals surface area contributed by atoms with Crippen LogP contribution in [0.1, 0.15) is 21.9 Å². The smallest absolute Gasteiger partial charge is 0.254 e. The van der Waals surface area contributed by atoms with Crippen LogP contribution in [0.25, 0.3) is 0 Å². The molecule has 21 heavy (non-hydrogen) atoms. The molecule has 0 aliphatic carbocycles. The lowest BCUT2D eigenvalue weighted by molar-refractivity contribution is 0.0969. The van der Waals surface area contributed by atoms with Crippen LogP contribution in [-0.4, -0.2) is 22.4 Å². The van der Waals surface area contributed by atoms with Gasteiger partial charge < -0.3 is 4.74 Å². The predicted molar refractivity (Wildman–Crippen MR) is 80.3 cm³/mol. The Labute approximate surface area is 127 Å². The maximum Gasteiger partial charge on any atom is 0.254 e. The quantitative estimate of drug-likeness (QED) is 0.814. The molecule has 1 heterocycles. The number of aryl methyl sites for hydroxylation is 2. The number of methoxy groups -OCH3 is 1. The van der Waals surface area contributed by atoms with Crippen molar-refractivity contribution in [2.75, 3.05) is 7.11 Å². The molecular formula is C15H15ClN2O3. The fourth-order valence-electron chi connectivity index (χ4n) is 2.03. The lowest BCUT2D eigenvalue weighted by atomic mass is 10.1. The van der Waals surface area contributed by atoms with Gasteiger partial charge in [-0.2, -0.15) is 0 Å². The number of hydrogen-bond donors (Lipinski definition) is 0. The Balaban J connectivity index is 2.30. The van der Waals surface area contributed by atoms with Gasteiger partial charge in [0.1, 0.15) is 11.6 Å². The van der Waals surface area contributed by atoms with Crippen LogP contribution in [0.4, 0.5) is 0 Å². The molecule has 0 atom stereocenters. The van der Waals surface area contributed by atoms with Gasteiger partial charge >= 0.3 is 0 Å². The third-order valence-electron chi connectivity index (χ3n) is 3.10. The molecule has 0 radical (unpaired) electrons. The van der Waals surface area contributed by atoms with Gasteiger partial charge in [0.2, 0.25) is 0 Å². The zero-order valence-corrected chi connectivity index (χ0v) is 12.8. The first-order valence-corrected chi connectivity index (χ1v) is 6.72. The van der Waals surface area contributed by atoms with Crippen molar-refractivity contribution in [3.05, 3.63) is 56.7 Å². The molecule has 0 saturated heterocycles. The summed E-state index contributed by atoms with van der Waals surface area (Å²) < 4.78 is 6.38. The summed E-state index contributed by atoms with van der Waals surface area (Å²) in [6, 6.07) is 6.18. The van der Waals surface area contributed by atoms with Crippen LogP contribution in [0, 0.1) is 13.8 Å². The molecule has 0 saturated carbocycles. The Morgan fingerprint density at radius 1 is 1.33 bits per heavy atom. The fourth-order valence-corrected chi connectivity index (χ4v) is 2.29. The summed E-state index contributed by atoms with van der Waals surface area (Å²) in [5.74, 6) is 0.793. The first-order chi connectivity index (χ1) is 9.92. The normalized spacial score (nSPS) is 10.5. The number of carbonyl (C=O) groups excluding carboxylic acids is 1. The summed E-state index contributed by atoms with van der Waals surface area (Å²) in [5.41, 5.74) is 0.814. The summed E-state index contributed by atoms with van der Waals surface area (Å²) >= 11 is 6.00. The molecule has 1 aromatic carbocycles. The topological polar surface area (TPSA) is 61.2 Å². The maximum absolute atomic E-state index is 12.3. The molecule has 6 heteroatoms. The van der Waals surface area contributed by atoms with Gasteiger partial charge in [-0.3, -0.25) is 14.2 Å². The maximum atomic E-state index is 12.3. The molecule has 5 nitrogen and oxygen atoms in total. The van der Waals surface area contributed by atoms with Gasteiger partial charge in [-0.15, -0.1) is 0 Å². The summed E-state index contributed by atoms with van der Waals surface area (Å²) in [5, 5.41) is 0.356. The van der Waals surface area contributed by atoms with Crippen LogP contribution < -0.4 is 10.3 Å². The van der Waals surface area contributed by atoms with Crippen LogP contribution in [-0.2, 0) is 6.54 Å². The molecule has 0 aliphatic heterocycles. The molecule has 0 bridgehead atoms. The van der Waals surface area contributed by atoms with Gasteiger partial charge in [0.25, 0.3) is 5.56 Å². The van der Waals surface area contributed by atoms with Crippen LogP contribution >= 0.6 is 11.6 Å². The molecule has 0 amide bonds. The summed E-state index contributed by atoms with van der Waals surface area (Å²) in [4.78, 5) is 28.4. The van der Waals surface area contributed by atoms with Crippen molar-refractivity contribution in [2.24, 2.45) is 0 Å². The van der Waals surface area contributed by atoms with E-state index in [9.17, 15) is 9.59 Å². The molecule has 2 aromatic rings. The van der Waals surface area contributed by atoms with E-state index in [4.69, 9.17) is 16.3 Å². The second kappa shape index (κ2) is 6.10. The Morgan fingerprint density at radius 2 is 2.05 bits per heavy atom. The van der Waals surface area contributed by atoms with E-state index in [0.29, 0.717) is 27.9 Å². The zero-order chi connectivity index (χ0) is 15.6. The number of aromatic nitrogens is 2. The monoisotopic (exact) mass is 306 g/mol. The van der Waals surface area contributed by atoms with Crippen LogP contribution in [0.5, 0.6) is 5.75 Å². The van der Waals surface area contributed by atoms with Crippen LogP contribution in [0.15, 0.2) is 29.1 Å². The molecule has 0 fully saturated rings. The van der Waals surface area contributed by atoms with Gasteiger partial charge in [-0.1, -0.05) is 11.6 Å².